The van der Waals surface area contributed by atoms with E-state index in [0.717, 1.165) is 32.1 Å². The van der Waals surface area contributed by atoms with Crippen LogP contribution in [0.3, 0.4) is 0 Å². The average Bonchev–Trinajstić information content (AvgIpc) is 2.78. The first kappa shape index (κ1) is 25.7. The molecule has 1 saturated carbocycles. The molecule has 0 aliphatic heterocycles. The first-order valence-corrected chi connectivity index (χ1v) is 12.0. The summed E-state index contributed by atoms with van der Waals surface area (Å²) in [5.74, 6) is 1.52. The minimum absolute atomic E-state index is 0.166. The Morgan fingerprint density at radius 3 is 2.64 bits per heavy atom. The summed E-state index contributed by atoms with van der Waals surface area (Å²) in [5, 5.41) is 20.1. The van der Waals surface area contributed by atoms with E-state index in [1.807, 2.05) is 0 Å². The summed E-state index contributed by atoms with van der Waals surface area (Å²) in [5.41, 5.74) is 13.5. The van der Waals surface area contributed by atoms with Crippen LogP contribution in [0.5, 0.6) is 0 Å². The summed E-state index contributed by atoms with van der Waals surface area (Å²) in [6.07, 6.45) is 18.0. The highest BCUT2D eigenvalue weighted by Gasteiger charge is 2.26. The van der Waals surface area contributed by atoms with Gasteiger partial charge >= 0.3 is 0 Å². The van der Waals surface area contributed by atoms with Gasteiger partial charge in [-0.05, 0) is 74.7 Å². The molecule has 4 atom stereocenters. The molecule has 0 spiro atoms. The summed E-state index contributed by atoms with van der Waals surface area (Å²) in [6, 6.07) is -0.210. The maximum Gasteiger partial charge on any atom is 0.199 e. The van der Waals surface area contributed by atoms with Gasteiger partial charge in [-0.15, -0.1) is 0 Å². The summed E-state index contributed by atoms with van der Waals surface area (Å²) in [4.78, 5) is 0. The lowest BCUT2D eigenvalue weighted by Crippen LogP contribution is -2.26. The molecule has 0 aromatic carbocycles. The lowest BCUT2D eigenvalue weighted by atomic mass is 9.76. The molecule has 0 aromatic rings. The molecule has 6 N–H and O–H groups in total. The second kappa shape index (κ2) is 12.0. The van der Waals surface area contributed by atoms with Crippen molar-refractivity contribution in [2.45, 2.75) is 76.1 Å². The number of rotatable bonds is 10. The number of ether oxygens (including phenoxy) is 3. The van der Waals surface area contributed by atoms with Crippen molar-refractivity contribution < 1.29 is 24.4 Å². The van der Waals surface area contributed by atoms with Crippen molar-refractivity contribution in [1.82, 2.24) is 0 Å². The predicted molar refractivity (Wildman–Crippen MR) is 128 cm³/mol. The second-order valence-corrected chi connectivity index (χ2v) is 9.53. The SMILES string of the molecule is CO[C@@]1(C)C=CC(C2CCC(/C=C/C(O)OCCC(O)OC3=CC(N)CC(N)=C3)CC2)=CC1. The van der Waals surface area contributed by atoms with Gasteiger partial charge in [0.05, 0.1) is 12.2 Å². The maximum atomic E-state index is 10.1. The molecular weight excluding hydrogens is 420 g/mol. The third-order valence-electron chi connectivity index (χ3n) is 6.73. The standard InChI is InChI=1S/C26H40N2O5/c1-26(31-2)12-9-20(10-13-26)19-6-3-18(4-7-19)5-8-24(29)32-14-11-25(30)33-23-16-21(27)15-22(28)17-23/h5,8-10,12,16-19,21,24-25,29-30H,3-4,6-7,11,13-15,27-28H2,1-2H3/b8-5+/t18?,19?,21?,24?,25?,26-/m0/s1. The molecule has 1 fully saturated rings. The molecule has 3 aliphatic carbocycles. The Hall–Kier alpha value is -1.90. The van der Waals surface area contributed by atoms with E-state index >= 15 is 0 Å². The van der Waals surface area contributed by atoms with E-state index in [0.29, 0.717) is 29.7 Å². The van der Waals surface area contributed by atoms with E-state index < -0.39 is 12.6 Å². The lowest BCUT2D eigenvalue weighted by molar-refractivity contribution is -0.110. The van der Waals surface area contributed by atoms with Crippen molar-refractivity contribution in [2.75, 3.05) is 13.7 Å². The van der Waals surface area contributed by atoms with Crippen LogP contribution in [-0.2, 0) is 14.2 Å². The Morgan fingerprint density at radius 1 is 1.24 bits per heavy atom. The quantitative estimate of drug-likeness (QED) is 0.292. The van der Waals surface area contributed by atoms with Crippen molar-refractivity contribution in [3.8, 4) is 0 Å². The number of methoxy groups -OCH3 is 1. The summed E-state index contributed by atoms with van der Waals surface area (Å²) >= 11 is 0. The zero-order valence-corrected chi connectivity index (χ0v) is 19.9. The topological polar surface area (TPSA) is 120 Å². The first-order chi connectivity index (χ1) is 15.8. The van der Waals surface area contributed by atoms with Gasteiger partial charge in [0.2, 0.25) is 0 Å². The van der Waals surface area contributed by atoms with Crippen molar-refractivity contribution in [3.63, 3.8) is 0 Å². The molecule has 0 heterocycles. The molecule has 0 saturated heterocycles. The van der Waals surface area contributed by atoms with Crippen molar-refractivity contribution in [1.29, 1.82) is 0 Å². The molecule has 7 heteroatoms. The first-order valence-electron chi connectivity index (χ1n) is 12.0. The Labute approximate surface area is 197 Å². The number of aliphatic hydroxyl groups excluding tert-OH is 2. The molecule has 33 heavy (non-hydrogen) atoms. The van der Waals surface area contributed by atoms with Gasteiger partial charge in [-0.3, -0.25) is 0 Å². The number of hydrogen-bond acceptors (Lipinski definition) is 7. The maximum absolute atomic E-state index is 10.1. The van der Waals surface area contributed by atoms with Gasteiger partial charge < -0.3 is 35.9 Å². The van der Waals surface area contributed by atoms with Crippen LogP contribution >= 0.6 is 0 Å². The van der Waals surface area contributed by atoms with Crippen molar-refractivity contribution in [3.05, 3.63) is 59.6 Å². The van der Waals surface area contributed by atoms with Crippen LogP contribution < -0.4 is 11.5 Å². The minimum Gasteiger partial charge on any atom is -0.465 e. The van der Waals surface area contributed by atoms with E-state index in [9.17, 15) is 10.2 Å². The number of hydrogen-bond donors (Lipinski definition) is 4. The molecule has 0 radical (unpaired) electrons. The van der Waals surface area contributed by atoms with Crippen LogP contribution in [-0.4, -0.2) is 48.2 Å². The van der Waals surface area contributed by atoms with Gasteiger partial charge in [-0.25, -0.2) is 0 Å². The highest BCUT2D eigenvalue weighted by atomic mass is 16.6. The fourth-order valence-corrected chi connectivity index (χ4v) is 4.55. The van der Waals surface area contributed by atoms with Gasteiger partial charge in [-0.2, -0.15) is 0 Å². The van der Waals surface area contributed by atoms with Gasteiger partial charge in [-0.1, -0.05) is 24.3 Å². The van der Waals surface area contributed by atoms with Gasteiger partial charge in [0, 0.05) is 31.7 Å². The summed E-state index contributed by atoms with van der Waals surface area (Å²) in [6.45, 7) is 2.27. The largest absolute Gasteiger partial charge is 0.465 e. The lowest BCUT2D eigenvalue weighted by Gasteiger charge is -2.32. The van der Waals surface area contributed by atoms with Crippen LogP contribution in [0.25, 0.3) is 0 Å². The molecule has 0 bridgehead atoms. The Bertz CT molecular complexity index is 795. The fourth-order valence-electron chi connectivity index (χ4n) is 4.55. The normalized spacial score (nSPS) is 32.2. The molecular formula is C26H40N2O5. The van der Waals surface area contributed by atoms with Crippen LogP contribution in [0.4, 0.5) is 0 Å². The molecule has 3 unspecified atom stereocenters. The summed E-state index contributed by atoms with van der Waals surface area (Å²) < 4.78 is 16.4. The van der Waals surface area contributed by atoms with E-state index in [1.165, 1.54) is 5.57 Å². The number of allylic oxidation sites excluding steroid dienone is 4. The third kappa shape index (κ3) is 8.12. The number of nitrogens with two attached hydrogens (primary N) is 2. The van der Waals surface area contributed by atoms with Crippen molar-refractivity contribution >= 4 is 0 Å². The Balaban J connectivity index is 1.32. The minimum atomic E-state index is -1.05. The molecule has 0 amide bonds. The molecule has 184 valence electrons. The van der Waals surface area contributed by atoms with Crippen LogP contribution in [0.1, 0.15) is 51.9 Å². The Kier molecular flexibility index (Phi) is 9.35. The monoisotopic (exact) mass is 460 g/mol. The predicted octanol–water partition coefficient (Wildman–Crippen LogP) is 3.16. The highest BCUT2D eigenvalue weighted by molar-refractivity contribution is 5.30. The smallest absolute Gasteiger partial charge is 0.199 e. The van der Waals surface area contributed by atoms with E-state index in [4.69, 9.17) is 25.7 Å². The van der Waals surface area contributed by atoms with Crippen LogP contribution in [0.15, 0.2) is 59.6 Å². The Morgan fingerprint density at radius 2 is 2.00 bits per heavy atom. The van der Waals surface area contributed by atoms with Crippen molar-refractivity contribution in [2.24, 2.45) is 23.3 Å². The van der Waals surface area contributed by atoms with Gasteiger partial charge in [0.15, 0.2) is 12.6 Å². The molecule has 7 nitrogen and oxygen atoms in total. The van der Waals surface area contributed by atoms with E-state index in [2.05, 4.69) is 31.2 Å². The summed E-state index contributed by atoms with van der Waals surface area (Å²) in [7, 11) is 1.76. The third-order valence-corrected chi connectivity index (χ3v) is 6.73. The van der Waals surface area contributed by atoms with E-state index in [-0.39, 0.29) is 24.7 Å². The fraction of sp³-hybridized carbons (Fsp3) is 0.615. The zero-order chi connectivity index (χ0) is 23.8. The molecule has 3 aliphatic rings. The van der Waals surface area contributed by atoms with Gasteiger partial charge in [0.1, 0.15) is 5.76 Å². The second-order valence-electron chi connectivity index (χ2n) is 9.53. The molecule has 3 rings (SSSR count). The van der Waals surface area contributed by atoms with Crippen LogP contribution in [0.2, 0.25) is 0 Å². The number of aliphatic hydroxyl groups is 2. The van der Waals surface area contributed by atoms with E-state index in [1.54, 1.807) is 25.3 Å². The average molecular weight is 461 g/mol. The zero-order valence-electron chi connectivity index (χ0n) is 19.9. The highest BCUT2D eigenvalue weighted by Crippen LogP contribution is 2.37. The van der Waals surface area contributed by atoms with Crippen LogP contribution in [0, 0.1) is 11.8 Å². The van der Waals surface area contributed by atoms with Gasteiger partial charge in [0.25, 0.3) is 0 Å². The molecule has 0 aromatic heterocycles.